The van der Waals surface area contributed by atoms with Crippen LogP contribution in [0.5, 0.6) is 0 Å². The van der Waals surface area contributed by atoms with E-state index in [4.69, 9.17) is 11.6 Å². The number of rotatable bonds is 4. The smallest absolute Gasteiger partial charge is 0.178 e. The van der Waals surface area contributed by atoms with Gasteiger partial charge in [0.05, 0.1) is 11.2 Å². The highest BCUT2D eigenvalue weighted by Gasteiger charge is 2.26. The third-order valence-electron chi connectivity index (χ3n) is 5.47. The van der Waals surface area contributed by atoms with Crippen LogP contribution < -0.4 is 4.90 Å². The van der Waals surface area contributed by atoms with Gasteiger partial charge in [-0.25, -0.2) is 9.97 Å². The number of hydrogen-bond acceptors (Lipinski definition) is 7. The van der Waals surface area contributed by atoms with Crippen molar-refractivity contribution in [1.29, 1.82) is 0 Å². The highest BCUT2D eigenvalue weighted by atomic mass is 35.5. The standard InChI is InChI=1S/C21H20ClN7S/c1-30-17-6-7-19-18(12-17)21(24-13-23-19)28-10-8-14(9-11-28)20-25-27-29(26-20)16-4-2-15(22)3-5-16/h2-7,12-14H,8-11H2,1H3. The Bertz CT molecular complexity index is 1170. The Morgan fingerprint density at radius 3 is 2.60 bits per heavy atom. The maximum absolute atomic E-state index is 5.96. The Kier molecular flexibility index (Phi) is 5.26. The van der Waals surface area contributed by atoms with E-state index < -0.39 is 0 Å². The van der Waals surface area contributed by atoms with Gasteiger partial charge in [0.15, 0.2) is 5.82 Å². The van der Waals surface area contributed by atoms with Crippen molar-refractivity contribution in [2.24, 2.45) is 0 Å². The monoisotopic (exact) mass is 437 g/mol. The van der Waals surface area contributed by atoms with Gasteiger partial charge in [0.2, 0.25) is 0 Å². The number of fused-ring (bicyclic) bond motifs is 1. The lowest BCUT2D eigenvalue weighted by Gasteiger charge is -2.32. The van der Waals surface area contributed by atoms with Gasteiger partial charge in [0.25, 0.3) is 0 Å². The van der Waals surface area contributed by atoms with Gasteiger partial charge in [0, 0.05) is 34.3 Å². The van der Waals surface area contributed by atoms with Crippen molar-refractivity contribution in [3.63, 3.8) is 0 Å². The second-order valence-corrected chi connectivity index (χ2v) is 8.57. The zero-order chi connectivity index (χ0) is 20.5. The molecule has 2 aromatic carbocycles. The largest absolute Gasteiger partial charge is 0.356 e. The summed E-state index contributed by atoms with van der Waals surface area (Å²) in [5.41, 5.74) is 1.83. The summed E-state index contributed by atoms with van der Waals surface area (Å²) in [5.74, 6) is 2.09. The predicted molar refractivity (Wildman–Crippen MR) is 120 cm³/mol. The summed E-state index contributed by atoms with van der Waals surface area (Å²) in [6, 6.07) is 13.8. The average molecular weight is 438 g/mol. The summed E-state index contributed by atoms with van der Waals surface area (Å²) < 4.78 is 0. The molecule has 2 aromatic heterocycles. The van der Waals surface area contributed by atoms with E-state index >= 15 is 0 Å². The summed E-state index contributed by atoms with van der Waals surface area (Å²) in [7, 11) is 0. The van der Waals surface area contributed by atoms with E-state index in [0.717, 1.165) is 54.2 Å². The molecule has 0 bridgehead atoms. The van der Waals surface area contributed by atoms with Gasteiger partial charge in [-0.15, -0.1) is 26.8 Å². The Morgan fingerprint density at radius 1 is 1.03 bits per heavy atom. The molecule has 0 amide bonds. The van der Waals surface area contributed by atoms with E-state index in [1.807, 2.05) is 24.3 Å². The van der Waals surface area contributed by atoms with Crippen LogP contribution in [0.3, 0.4) is 0 Å². The quantitative estimate of drug-likeness (QED) is 0.439. The van der Waals surface area contributed by atoms with Gasteiger partial charge < -0.3 is 4.90 Å². The highest BCUT2D eigenvalue weighted by molar-refractivity contribution is 7.98. The SMILES string of the molecule is CSc1ccc2ncnc(N3CCC(c4nnn(-c5ccc(Cl)cc5)n4)CC3)c2c1. The lowest BCUT2D eigenvalue weighted by atomic mass is 9.96. The highest BCUT2D eigenvalue weighted by Crippen LogP contribution is 2.32. The molecule has 152 valence electrons. The molecular formula is C21H20ClN7S. The van der Waals surface area contributed by atoms with Gasteiger partial charge in [-0.05, 0) is 66.8 Å². The molecule has 0 aliphatic carbocycles. The van der Waals surface area contributed by atoms with Crippen molar-refractivity contribution in [1.82, 2.24) is 30.2 Å². The molecule has 1 aliphatic heterocycles. The van der Waals surface area contributed by atoms with E-state index in [9.17, 15) is 0 Å². The number of benzene rings is 2. The van der Waals surface area contributed by atoms with Crippen molar-refractivity contribution in [2.45, 2.75) is 23.7 Å². The van der Waals surface area contributed by atoms with Crippen LogP contribution in [0.2, 0.25) is 5.02 Å². The molecule has 0 saturated carbocycles. The summed E-state index contributed by atoms with van der Waals surface area (Å²) in [6.45, 7) is 1.80. The Hall–Kier alpha value is -2.71. The molecule has 30 heavy (non-hydrogen) atoms. The maximum atomic E-state index is 5.96. The van der Waals surface area contributed by atoms with Crippen molar-refractivity contribution < 1.29 is 0 Å². The Morgan fingerprint density at radius 2 is 1.83 bits per heavy atom. The third kappa shape index (κ3) is 3.73. The third-order valence-corrected chi connectivity index (χ3v) is 6.45. The zero-order valence-corrected chi connectivity index (χ0v) is 18.0. The molecular weight excluding hydrogens is 418 g/mol. The van der Waals surface area contributed by atoms with Crippen LogP contribution in [-0.2, 0) is 0 Å². The average Bonchev–Trinajstić information content (AvgIpc) is 3.29. The fourth-order valence-electron chi connectivity index (χ4n) is 3.82. The number of nitrogens with zero attached hydrogens (tertiary/aromatic N) is 7. The minimum absolute atomic E-state index is 0.289. The van der Waals surface area contributed by atoms with Crippen molar-refractivity contribution in [2.75, 3.05) is 24.2 Å². The molecule has 0 unspecified atom stereocenters. The number of aromatic nitrogens is 6. The Labute approximate surface area is 183 Å². The van der Waals surface area contributed by atoms with Gasteiger partial charge in [-0.3, -0.25) is 0 Å². The first-order valence-corrected chi connectivity index (χ1v) is 11.4. The topological polar surface area (TPSA) is 72.6 Å². The predicted octanol–water partition coefficient (Wildman–Crippen LogP) is 4.36. The summed E-state index contributed by atoms with van der Waals surface area (Å²) in [4.78, 5) is 14.2. The van der Waals surface area contributed by atoms with E-state index in [2.05, 4.69) is 54.7 Å². The number of piperidine rings is 1. The van der Waals surface area contributed by atoms with Gasteiger partial charge in [-0.2, -0.15) is 0 Å². The van der Waals surface area contributed by atoms with Crippen LogP contribution >= 0.6 is 23.4 Å². The molecule has 9 heteroatoms. The normalized spacial score (nSPS) is 15.1. The van der Waals surface area contributed by atoms with Crippen molar-refractivity contribution >= 4 is 40.1 Å². The van der Waals surface area contributed by atoms with Crippen LogP contribution in [0.1, 0.15) is 24.6 Å². The summed E-state index contributed by atoms with van der Waals surface area (Å²) >= 11 is 7.69. The summed E-state index contributed by atoms with van der Waals surface area (Å²) in [6.07, 6.45) is 5.65. The number of tetrazole rings is 1. The van der Waals surface area contributed by atoms with Crippen LogP contribution in [-0.4, -0.2) is 49.5 Å². The lowest BCUT2D eigenvalue weighted by Crippen LogP contribution is -2.34. The van der Waals surface area contributed by atoms with Crippen molar-refractivity contribution in [3.8, 4) is 5.69 Å². The minimum atomic E-state index is 0.289. The molecule has 4 aromatic rings. The first kappa shape index (κ1) is 19.3. The van der Waals surface area contributed by atoms with Gasteiger partial charge >= 0.3 is 0 Å². The number of anilines is 1. The van der Waals surface area contributed by atoms with Crippen LogP contribution in [0, 0.1) is 0 Å². The van der Waals surface area contributed by atoms with E-state index in [-0.39, 0.29) is 5.92 Å². The van der Waals surface area contributed by atoms with Crippen molar-refractivity contribution in [3.05, 3.63) is 59.6 Å². The van der Waals surface area contributed by atoms with E-state index in [0.29, 0.717) is 5.02 Å². The molecule has 0 atom stereocenters. The molecule has 1 aliphatic rings. The van der Waals surface area contributed by atoms with Crippen LogP contribution in [0.4, 0.5) is 5.82 Å². The first-order chi connectivity index (χ1) is 14.7. The zero-order valence-electron chi connectivity index (χ0n) is 16.4. The minimum Gasteiger partial charge on any atom is -0.356 e. The first-order valence-electron chi connectivity index (χ1n) is 9.81. The molecule has 0 N–H and O–H groups in total. The fourth-order valence-corrected chi connectivity index (χ4v) is 4.39. The lowest BCUT2D eigenvalue weighted by molar-refractivity contribution is 0.483. The van der Waals surface area contributed by atoms with Crippen LogP contribution in [0.15, 0.2) is 53.7 Å². The summed E-state index contributed by atoms with van der Waals surface area (Å²) in [5, 5.41) is 14.9. The van der Waals surface area contributed by atoms with Gasteiger partial charge in [0.1, 0.15) is 12.1 Å². The number of thioether (sulfide) groups is 1. The molecule has 5 rings (SSSR count). The molecule has 0 radical (unpaired) electrons. The molecule has 0 spiro atoms. The Balaban J connectivity index is 1.32. The maximum Gasteiger partial charge on any atom is 0.178 e. The number of hydrogen-bond donors (Lipinski definition) is 0. The fraction of sp³-hybridized carbons (Fsp3) is 0.286. The number of halogens is 1. The van der Waals surface area contributed by atoms with E-state index in [1.165, 1.54) is 4.90 Å². The van der Waals surface area contributed by atoms with Crippen LogP contribution in [0.25, 0.3) is 16.6 Å². The van der Waals surface area contributed by atoms with E-state index in [1.54, 1.807) is 22.9 Å². The molecule has 3 heterocycles. The molecule has 7 nitrogen and oxygen atoms in total. The second-order valence-electron chi connectivity index (χ2n) is 7.26. The molecule has 1 fully saturated rings. The molecule has 1 saturated heterocycles. The van der Waals surface area contributed by atoms with Gasteiger partial charge in [-0.1, -0.05) is 11.6 Å². The second kappa shape index (κ2) is 8.20.